The first-order valence-corrected chi connectivity index (χ1v) is 6.49. The molecule has 0 atom stereocenters. The third-order valence-electron chi connectivity index (χ3n) is 2.66. The number of nitrogens with zero attached hydrogens (tertiary/aromatic N) is 1. The number of alkyl halides is 6. The summed E-state index contributed by atoms with van der Waals surface area (Å²) in [7, 11) is 0. The van der Waals surface area contributed by atoms with Gasteiger partial charge in [0.25, 0.3) is 0 Å². The zero-order valence-corrected chi connectivity index (χ0v) is 12.2. The number of anilines is 1. The average Bonchev–Trinajstić information content (AvgIpc) is 3.01. The second kappa shape index (κ2) is 7.85. The van der Waals surface area contributed by atoms with Crippen LogP contribution in [0.5, 0.6) is 0 Å². The number of carbonyl (C=O) groups is 2. The number of hydrazone groups is 1. The van der Waals surface area contributed by atoms with Crippen LogP contribution >= 0.6 is 0 Å². The van der Waals surface area contributed by atoms with Gasteiger partial charge in [-0.05, 0) is 17.7 Å². The summed E-state index contributed by atoms with van der Waals surface area (Å²) in [6.45, 7) is 0.752. The van der Waals surface area contributed by atoms with Crippen molar-refractivity contribution >= 4 is 23.3 Å². The van der Waals surface area contributed by atoms with Crippen molar-refractivity contribution in [3.63, 3.8) is 0 Å². The normalized spacial score (nSPS) is 13.9. The Morgan fingerprint density at radius 2 is 1.56 bits per heavy atom. The molecular formula is C13H11F6N3O3. The van der Waals surface area contributed by atoms with Gasteiger partial charge in [-0.1, -0.05) is 12.1 Å². The smallest absolute Gasteiger partial charge is 0.475 e. The van der Waals surface area contributed by atoms with Crippen LogP contribution in [0.3, 0.4) is 0 Å². The van der Waals surface area contributed by atoms with E-state index in [0.29, 0.717) is 0 Å². The van der Waals surface area contributed by atoms with Crippen LogP contribution in [-0.2, 0) is 9.59 Å². The van der Waals surface area contributed by atoms with E-state index in [9.17, 15) is 31.1 Å². The predicted molar refractivity (Wildman–Crippen MR) is 74.0 cm³/mol. The Labute approximate surface area is 136 Å². The summed E-state index contributed by atoms with van der Waals surface area (Å²) < 4.78 is 67.8. The molecule has 1 amide bonds. The van der Waals surface area contributed by atoms with Crippen molar-refractivity contribution in [2.24, 2.45) is 5.10 Å². The SMILES string of the molecule is O=C(Nc1ccc(C2=NNCC2)cc1)C(F)(F)F.O=C(O)C(F)(F)F. The van der Waals surface area contributed by atoms with E-state index in [1.54, 1.807) is 17.4 Å². The molecule has 0 fully saturated rings. The number of hydrogen-bond acceptors (Lipinski definition) is 4. The lowest BCUT2D eigenvalue weighted by Gasteiger charge is -2.08. The number of nitrogens with one attached hydrogen (secondary N) is 2. The molecule has 1 aliphatic rings. The first kappa shape index (κ1) is 20.3. The number of benzene rings is 1. The summed E-state index contributed by atoms with van der Waals surface area (Å²) in [5.74, 6) is -4.73. The van der Waals surface area contributed by atoms with Crippen molar-refractivity contribution in [1.82, 2.24) is 5.43 Å². The van der Waals surface area contributed by atoms with Gasteiger partial charge in [-0.25, -0.2) is 4.79 Å². The molecule has 0 saturated heterocycles. The lowest BCUT2D eigenvalue weighted by atomic mass is 10.1. The van der Waals surface area contributed by atoms with E-state index in [4.69, 9.17) is 9.90 Å². The molecule has 0 radical (unpaired) electrons. The van der Waals surface area contributed by atoms with Gasteiger partial charge in [-0.2, -0.15) is 31.4 Å². The quantitative estimate of drug-likeness (QED) is 0.697. The molecule has 1 heterocycles. The molecule has 0 saturated carbocycles. The van der Waals surface area contributed by atoms with Crippen molar-refractivity contribution < 1.29 is 41.0 Å². The molecule has 1 aromatic carbocycles. The predicted octanol–water partition coefficient (Wildman–Crippen LogP) is 2.52. The molecule has 3 N–H and O–H groups in total. The zero-order chi connectivity index (χ0) is 19.3. The number of carboxylic acid groups (broad SMARTS) is 1. The van der Waals surface area contributed by atoms with Gasteiger partial charge in [0.15, 0.2) is 0 Å². The maximum Gasteiger partial charge on any atom is 0.490 e. The molecule has 1 aromatic rings. The van der Waals surface area contributed by atoms with Gasteiger partial charge >= 0.3 is 24.2 Å². The molecule has 0 spiro atoms. The molecule has 25 heavy (non-hydrogen) atoms. The van der Waals surface area contributed by atoms with Gasteiger partial charge in [0, 0.05) is 18.7 Å². The van der Waals surface area contributed by atoms with Gasteiger partial charge in [0.2, 0.25) is 0 Å². The topological polar surface area (TPSA) is 90.8 Å². The monoisotopic (exact) mass is 371 g/mol. The van der Waals surface area contributed by atoms with Crippen LogP contribution in [-0.4, -0.2) is 41.6 Å². The van der Waals surface area contributed by atoms with Crippen LogP contribution in [0.2, 0.25) is 0 Å². The standard InChI is InChI=1S/C11H10F3N3O.C2HF3O2/c12-11(13,14)10(18)16-8-3-1-7(2-4-8)9-5-6-15-17-9;3-2(4,5)1(6)7/h1-4,15H,5-6H2,(H,16,18);(H,6,7). The first-order chi connectivity index (χ1) is 11.4. The average molecular weight is 371 g/mol. The minimum atomic E-state index is -5.08. The summed E-state index contributed by atoms with van der Waals surface area (Å²) in [5.41, 5.74) is 4.59. The summed E-state index contributed by atoms with van der Waals surface area (Å²) in [4.78, 5) is 19.6. The van der Waals surface area contributed by atoms with E-state index in [1.165, 1.54) is 12.1 Å². The van der Waals surface area contributed by atoms with E-state index in [2.05, 4.69) is 10.5 Å². The van der Waals surface area contributed by atoms with Crippen LogP contribution in [0.4, 0.5) is 32.0 Å². The van der Waals surface area contributed by atoms with Crippen molar-refractivity contribution in [3.8, 4) is 0 Å². The Morgan fingerprint density at radius 3 is 1.92 bits per heavy atom. The van der Waals surface area contributed by atoms with Gasteiger partial charge in [0.1, 0.15) is 0 Å². The van der Waals surface area contributed by atoms with Gasteiger partial charge in [-0.3, -0.25) is 4.79 Å². The van der Waals surface area contributed by atoms with Crippen LogP contribution in [0.25, 0.3) is 0 Å². The number of aliphatic carboxylic acids is 1. The van der Waals surface area contributed by atoms with Crippen LogP contribution in [0.1, 0.15) is 12.0 Å². The summed E-state index contributed by atoms with van der Waals surface area (Å²) >= 11 is 0. The van der Waals surface area contributed by atoms with E-state index < -0.39 is 24.2 Å². The summed E-state index contributed by atoms with van der Waals surface area (Å²) in [6, 6.07) is 6.08. The Morgan fingerprint density at radius 1 is 1.04 bits per heavy atom. The van der Waals surface area contributed by atoms with E-state index >= 15 is 0 Å². The molecule has 0 aliphatic carbocycles. The fourth-order valence-electron chi connectivity index (χ4n) is 1.54. The van der Waals surface area contributed by atoms with Gasteiger partial charge in [0.05, 0.1) is 5.71 Å². The minimum absolute atomic E-state index is 0.104. The Bertz CT molecular complexity index is 652. The molecule has 12 heteroatoms. The van der Waals surface area contributed by atoms with Crippen LogP contribution in [0.15, 0.2) is 29.4 Å². The fourth-order valence-corrected chi connectivity index (χ4v) is 1.54. The molecule has 6 nitrogen and oxygen atoms in total. The fraction of sp³-hybridized carbons (Fsp3) is 0.308. The Balaban J connectivity index is 0.000000381. The highest BCUT2D eigenvalue weighted by molar-refractivity contribution is 6.02. The lowest BCUT2D eigenvalue weighted by molar-refractivity contribution is -0.192. The number of carbonyl (C=O) groups excluding carboxylic acids is 1. The third kappa shape index (κ3) is 6.69. The number of hydrogen-bond donors (Lipinski definition) is 3. The van der Waals surface area contributed by atoms with Crippen molar-refractivity contribution in [2.45, 2.75) is 18.8 Å². The maximum absolute atomic E-state index is 12.0. The second-order valence-electron chi connectivity index (χ2n) is 4.55. The highest BCUT2D eigenvalue weighted by Gasteiger charge is 2.39. The first-order valence-electron chi connectivity index (χ1n) is 6.49. The number of rotatable bonds is 2. The highest BCUT2D eigenvalue weighted by Crippen LogP contribution is 2.19. The van der Waals surface area contributed by atoms with Gasteiger partial charge in [-0.15, -0.1) is 0 Å². The van der Waals surface area contributed by atoms with Crippen molar-refractivity contribution in [1.29, 1.82) is 0 Å². The molecule has 0 unspecified atom stereocenters. The largest absolute Gasteiger partial charge is 0.490 e. The number of halogens is 6. The lowest BCUT2D eigenvalue weighted by Crippen LogP contribution is -2.29. The molecular weight excluding hydrogens is 360 g/mol. The number of carboxylic acids is 1. The Hall–Kier alpha value is -2.79. The molecule has 0 aromatic heterocycles. The summed E-state index contributed by atoms with van der Waals surface area (Å²) in [6.07, 6.45) is -9.19. The third-order valence-corrected chi connectivity index (χ3v) is 2.66. The Kier molecular flexibility index (Phi) is 6.36. The highest BCUT2D eigenvalue weighted by atomic mass is 19.4. The molecule has 2 rings (SSSR count). The molecule has 138 valence electrons. The van der Waals surface area contributed by atoms with Crippen molar-refractivity contribution in [3.05, 3.63) is 29.8 Å². The van der Waals surface area contributed by atoms with E-state index in [0.717, 1.165) is 24.2 Å². The van der Waals surface area contributed by atoms with Crippen LogP contribution < -0.4 is 10.7 Å². The molecule has 1 aliphatic heterocycles. The zero-order valence-electron chi connectivity index (χ0n) is 12.2. The number of amides is 1. The van der Waals surface area contributed by atoms with Gasteiger partial charge < -0.3 is 15.8 Å². The second-order valence-corrected chi connectivity index (χ2v) is 4.55. The summed E-state index contributed by atoms with van der Waals surface area (Å²) in [5, 5.41) is 12.9. The van der Waals surface area contributed by atoms with Crippen molar-refractivity contribution in [2.75, 3.05) is 11.9 Å². The van der Waals surface area contributed by atoms with E-state index in [1.807, 2.05) is 0 Å². The maximum atomic E-state index is 12.0. The van der Waals surface area contributed by atoms with E-state index in [-0.39, 0.29) is 5.69 Å². The minimum Gasteiger partial charge on any atom is -0.475 e. The molecule has 0 bridgehead atoms. The van der Waals surface area contributed by atoms with Crippen LogP contribution in [0, 0.1) is 0 Å².